The predicted octanol–water partition coefficient (Wildman–Crippen LogP) is 5.36. The second-order valence-corrected chi connectivity index (χ2v) is 18.4. The summed E-state index contributed by atoms with van der Waals surface area (Å²) < 4.78 is 19.7. The van der Waals surface area contributed by atoms with Crippen molar-refractivity contribution >= 4 is 32.4 Å². The van der Waals surface area contributed by atoms with E-state index >= 15 is 0 Å². The molecule has 0 aliphatic carbocycles. The number of carbonyl (C=O) groups is 3. The summed E-state index contributed by atoms with van der Waals surface area (Å²) in [5.41, 5.74) is -2.28. The Morgan fingerprint density at radius 3 is 2.03 bits per heavy atom. The van der Waals surface area contributed by atoms with Crippen LogP contribution in [0.25, 0.3) is 0 Å². The van der Waals surface area contributed by atoms with Crippen LogP contribution in [0.2, 0.25) is 18.1 Å². The molecule has 0 saturated carbocycles. The van der Waals surface area contributed by atoms with Crippen LogP contribution < -0.4 is 10.6 Å². The Hall–Kier alpha value is -2.86. The molecule has 1 fully saturated rings. The van der Waals surface area contributed by atoms with Gasteiger partial charge in [-0.3, -0.25) is 15.4 Å². The van der Waals surface area contributed by atoms with E-state index in [0.29, 0.717) is 25.1 Å². The highest BCUT2D eigenvalue weighted by atomic mass is 28.4. The minimum Gasteiger partial charge on any atom is -0.444 e. The molecule has 0 bridgehead atoms. The van der Waals surface area contributed by atoms with E-state index in [1.165, 1.54) is 0 Å². The smallest absolute Gasteiger partial charge is 0.414 e. The van der Waals surface area contributed by atoms with Gasteiger partial charge < -0.3 is 23.4 Å². The number of nitrogens with one attached hydrogen (secondary N) is 2. The molecule has 39 heavy (non-hydrogen) atoms. The van der Waals surface area contributed by atoms with E-state index in [0.717, 1.165) is 0 Å². The number of rotatable bonds is 3. The van der Waals surface area contributed by atoms with Crippen LogP contribution in [-0.2, 0) is 13.9 Å². The first-order chi connectivity index (χ1) is 17.7. The molecule has 1 aromatic rings. The van der Waals surface area contributed by atoms with Gasteiger partial charge in [-0.05, 0) is 84.6 Å². The molecule has 3 amide bonds. The van der Waals surface area contributed by atoms with Crippen LogP contribution in [0.3, 0.4) is 0 Å². The highest BCUT2D eigenvalue weighted by molar-refractivity contribution is 6.74. The van der Waals surface area contributed by atoms with Crippen molar-refractivity contribution in [2.45, 2.75) is 116 Å². The van der Waals surface area contributed by atoms with Gasteiger partial charge in [-0.15, -0.1) is 0 Å². The van der Waals surface area contributed by atoms with Gasteiger partial charge in [-0.2, -0.15) is 0 Å². The topological polar surface area (TPSA) is 123 Å². The fourth-order valence-corrected chi connectivity index (χ4v) is 5.57. The summed E-state index contributed by atoms with van der Waals surface area (Å²) in [4.78, 5) is 45.9. The van der Waals surface area contributed by atoms with Crippen LogP contribution in [0.1, 0.15) is 91.9 Å². The van der Waals surface area contributed by atoms with Crippen molar-refractivity contribution in [2.75, 3.05) is 6.54 Å². The Labute approximate surface area is 232 Å². The van der Waals surface area contributed by atoms with Crippen molar-refractivity contribution in [2.24, 2.45) is 4.99 Å². The van der Waals surface area contributed by atoms with Crippen molar-refractivity contribution in [1.29, 1.82) is 0 Å². The van der Waals surface area contributed by atoms with E-state index in [1.807, 2.05) is 16.8 Å². The molecular weight excluding hydrogens is 518 g/mol. The van der Waals surface area contributed by atoms with Crippen LogP contribution in [-0.4, -0.2) is 65.2 Å². The first kappa shape index (κ1) is 30.7. The number of hydrogen-bond acceptors (Lipinski definition) is 7. The maximum absolute atomic E-state index is 13.6. The Morgan fingerprint density at radius 2 is 1.54 bits per heavy atom. The molecular formula is C27H45N5O6Si. The van der Waals surface area contributed by atoms with E-state index in [9.17, 15) is 14.4 Å². The summed E-state index contributed by atoms with van der Waals surface area (Å²) in [6, 6.07) is 3.59. The van der Waals surface area contributed by atoms with Crippen LogP contribution in [0.15, 0.2) is 23.3 Å². The third-order valence-corrected chi connectivity index (χ3v) is 11.5. The van der Waals surface area contributed by atoms with Crippen LogP contribution in [0.5, 0.6) is 0 Å². The summed E-state index contributed by atoms with van der Waals surface area (Å²) in [5.74, 6) is -0.372. The third-order valence-electron chi connectivity index (χ3n) is 7.04. The normalized spacial score (nSPS) is 21.6. The highest BCUT2D eigenvalue weighted by Crippen LogP contribution is 2.49. The fraction of sp³-hybridized carbons (Fsp3) is 0.704. The standard InChI is InChI=1S/C27H45N5O6Si/c1-24(2,3)36-22(34)28-21(29-23(35)37-25(4,5)6)30-27-15-13-17-32(27)19(33)18-14-12-16-31(18)20(27)38-39(10,11)26(7,8)9/h12,14,16,20H,13,15,17H2,1-11H3,(H2,28,29,30,34,35)/t20-,27-/m0/s1. The monoisotopic (exact) mass is 563 g/mol. The summed E-state index contributed by atoms with van der Waals surface area (Å²) >= 11 is 0. The molecule has 0 spiro atoms. The van der Waals surface area contributed by atoms with E-state index in [4.69, 9.17) is 18.9 Å². The lowest BCUT2D eigenvalue weighted by molar-refractivity contribution is -0.0452. The Kier molecular flexibility index (Phi) is 8.08. The molecule has 0 aromatic carbocycles. The molecule has 12 heteroatoms. The number of aliphatic imine (C=N–C) groups is 1. The second kappa shape index (κ2) is 10.3. The lowest BCUT2D eigenvalue weighted by Crippen LogP contribution is -2.61. The van der Waals surface area contributed by atoms with Gasteiger partial charge in [0, 0.05) is 12.7 Å². The van der Waals surface area contributed by atoms with Crippen molar-refractivity contribution in [3.63, 3.8) is 0 Å². The number of carbonyl (C=O) groups excluding carboxylic acids is 3. The molecule has 2 N–H and O–H groups in total. The van der Waals surface area contributed by atoms with Gasteiger partial charge in [0.1, 0.15) is 16.9 Å². The second-order valence-electron chi connectivity index (χ2n) is 13.7. The summed E-state index contributed by atoms with van der Waals surface area (Å²) in [5, 5.41) is 5.03. The van der Waals surface area contributed by atoms with E-state index in [2.05, 4.69) is 44.5 Å². The molecule has 2 aliphatic rings. The SMILES string of the molecule is CC(C)(C)OC(=O)NC(=N[C@@]12CCCN1C(=O)c1cccn1[C@H]2O[Si](C)(C)C(C)(C)C)NC(=O)OC(C)(C)C. The van der Waals surface area contributed by atoms with E-state index in [1.54, 1.807) is 52.5 Å². The van der Waals surface area contributed by atoms with Gasteiger partial charge in [-0.25, -0.2) is 14.6 Å². The van der Waals surface area contributed by atoms with Crippen LogP contribution >= 0.6 is 0 Å². The quantitative estimate of drug-likeness (QED) is 0.290. The highest BCUT2D eigenvalue weighted by Gasteiger charge is 2.58. The zero-order valence-electron chi connectivity index (χ0n) is 25.2. The fourth-order valence-electron chi connectivity index (χ4n) is 4.36. The zero-order chi connectivity index (χ0) is 29.6. The number of fused-ring (bicyclic) bond motifs is 2. The zero-order valence-corrected chi connectivity index (χ0v) is 26.2. The number of amides is 3. The lowest BCUT2D eigenvalue weighted by atomic mass is 10.0. The first-order valence-electron chi connectivity index (χ1n) is 13.4. The average molecular weight is 564 g/mol. The average Bonchev–Trinajstić information content (AvgIpc) is 3.35. The van der Waals surface area contributed by atoms with Gasteiger partial charge >= 0.3 is 12.2 Å². The van der Waals surface area contributed by atoms with Gasteiger partial charge in [0.25, 0.3) is 5.91 Å². The summed E-state index contributed by atoms with van der Waals surface area (Å²) in [6.07, 6.45) is 0.668. The minimum absolute atomic E-state index is 0.123. The number of aromatic nitrogens is 1. The van der Waals surface area contributed by atoms with Crippen molar-refractivity contribution in [1.82, 2.24) is 20.1 Å². The molecule has 2 atom stereocenters. The van der Waals surface area contributed by atoms with Crippen molar-refractivity contribution in [3.8, 4) is 0 Å². The predicted molar refractivity (Wildman–Crippen MR) is 151 cm³/mol. The first-order valence-corrected chi connectivity index (χ1v) is 16.3. The number of ether oxygens (including phenoxy) is 2. The molecule has 1 aromatic heterocycles. The van der Waals surface area contributed by atoms with Gasteiger partial charge in [0.05, 0.1) is 0 Å². The van der Waals surface area contributed by atoms with Crippen molar-refractivity contribution in [3.05, 3.63) is 24.0 Å². The molecule has 3 heterocycles. The van der Waals surface area contributed by atoms with Gasteiger partial charge in [0.2, 0.25) is 5.96 Å². The lowest BCUT2D eigenvalue weighted by Gasteiger charge is -2.50. The van der Waals surface area contributed by atoms with Crippen LogP contribution in [0, 0.1) is 0 Å². The van der Waals surface area contributed by atoms with Crippen molar-refractivity contribution < 1.29 is 28.3 Å². The number of alkyl carbamates (subject to hydrolysis) is 2. The van der Waals surface area contributed by atoms with Gasteiger partial charge in [-0.1, -0.05) is 20.8 Å². The van der Waals surface area contributed by atoms with E-state index in [-0.39, 0.29) is 16.9 Å². The molecule has 3 rings (SSSR count). The minimum atomic E-state index is -2.39. The molecule has 2 aliphatic heterocycles. The maximum atomic E-state index is 13.6. The molecule has 0 radical (unpaired) electrons. The summed E-state index contributed by atoms with van der Waals surface area (Å²) in [7, 11) is -2.39. The Bertz CT molecular complexity index is 1110. The third kappa shape index (κ3) is 6.83. The number of hydrogen-bond donors (Lipinski definition) is 2. The molecule has 11 nitrogen and oxygen atoms in total. The van der Waals surface area contributed by atoms with E-state index < -0.39 is 43.6 Å². The van der Waals surface area contributed by atoms with Gasteiger partial charge in [0.15, 0.2) is 20.2 Å². The molecule has 218 valence electrons. The number of guanidine groups is 1. The van der Waals surface area contributed by atoms with Crippen LogP contribution in [0.4, 0.5) is 9.59 Å². The molecule has 0 unspecified atom stereocenters. The Morgan fingerprint density at radius 1 is 1.00 bits per heavy atom. The Balaban J connectivity index is 2.15. The largest absolute Gasteiger partial charge is 0.444 e. The maximum Gasteiger partial charge on any atom is 0.414 e. The summed E-state index contributed by atoms with van der Waals surface area (Å²) in [6.45, 7) is 21.6. The number of nitrogens with zero attached hydrogens (tertiary/aromatic N) is 3. The molecule has 1 saturated heterocycles.